The van der Waals surface area contributed by atoms with Crippen LogP contribution in [0.5, 0.6) is 0 Å². The Hall–Kier alpha value is -0.740. The van der Waals surface area contributed by atoms with Crippen LogP contribution in [0.15, 0.2) is 29.2 Å². The zero-order chi connectivity index (χ0) is 13.2. The van der Waals surface area contributed by atoms with E-state index in [1.807, 2.05) is 13.8 Å². The first-order valence-corrected chi connectivity index (χ1v) is 7.55. The molecule has 1 aliphatic heterocycles. The second-order valence-electron chi connectivity index (χ2n) is 5.35. The molecule has 1 saturated heterocycles. The predicted octanol–water partition coefficient (Wildman–Crippen LogP) is 2.71. The summed E-state index contributed by atoms with van der Waals surface area (Å²) >= 11 is 0. The average Bonchev–Trinajstić information content (AvgIpc) is 2.39. The molecule has 1 aromatic rings. The van der Waals surface area contributed by atoms with Crippen LogP contribution in [0.2, 0.25) is 0 Å². The Morgan fingerprint density at radius 2 is 2.00 bits per heavy atom. The summed E-state index contributed by atoms with van der Waals surface area (Å²) in [5.41, 5.74) is 0. The van der Waals surface area contributed by atoms with Gasteiger partial charge in [0.15, 0.2) is 0 Å². The van der Waals surface area contributed by atoms with E-state index in [9.17, 15) is 8.60 Å². The average molecular weight is 269 g/mol. The van der Waals surface area contributed by atoms with Gasteiger partial charge in [-0.15, -0.1) is 0 Å². The highest BCUT2D eigenvalue weighted by Gasteiger charge is 2.36. The lowest BCUT2D eigenvalue weighted by Crippen LogP contribution is -2.42. The summed E-state index contributed by atoms with van der Waals surface area (Å²) in [6.07, 6.45) is 2.07. The molecule has 0 bridgehead atoms. The Balaban J connectivity index is 2.20. The number of piperidine rings is 1. The number of rotatable bonds is 3. The van der Waals surface area contributed by atoms with Gasteiger partial charge in [-0.3, -0.25) is 4.21 Å². The SMILES string of the molecule is CC(C)(C1CCNCC1)S(=O)c1cccc(F)c1. The van der Waals surface area contributed by atoms with Crippen LogP contribution in [0, 0.1) is 11.7 Å². The number of benzene rings is 1. The number of hydrogen-bond donors (Lipinski definition) is 1. The lowest BCUT2D eigenvalue weighted by molar-refractivity contribution is 0.312. The van der Waals surface area contributed by atoms with E-state index in [0.29, 0.717) is 10.8 Å². The standard InChI is InChI=1S/C14H20FNOS/c1-14(2,11-6-8-16-9-7-11)18(17)13-5-3-4-12(15)10-13/h3-5,10-11,16H,6-9H2,1-2H3. The second-order valence-corrected chi connectivity index (χ2v) is 7.41. The molecule has 1 atom stereocenters. The Morgan fingerprint density at radius 3 is 2.61 bits per heavy atom. The Labute approximate surface area is 110 Å². The van der Waals surface area contributed by atoms with Gasteiger partial charge in [0.2, 0.25) is 0 Å². The number of nitrogens with one attached hydrogen (secondary N) is 1. The van der Waals surface area contributed by atoms with Gasteiger partial charge in [-0.25, -0.2) is 4.39 Å². The van der Waals surface area contributed by atoms with E-state index < -0.39 is 10.8 Å². The van der Waals surface area contributed by atoms with E-state index in [2.05, 4.69) is 5.32 Å². The van der Waals surface area contributed by atoms with Gasteiger partial charge in [0.05, 0.1) is 10.8 Å². The van der Waals surface area contributed by atoms with Crippen LogP contribution in [0.25, 0.3) is 0 Å². The normalized spacial score (nSPS) is 19.7. The van der Waals surface area contributed by atoms with Crippen molar-refractivity contribution in [3.63, 3.8) is 0 Å². The molecule has 1 N–H and O–H groups in total. The van der Waals surface area contributed by atoms with Gasteiger partial charge < -0.3 is 5.32 Å². The first kappa shape index (κ1) is 13.7. The molecule has 1 aliphatic rings. The zero-order valence-corrected chi connectivity index (χ0v) is 11.7. The molecule has 1 aromatic carbocycles. The largest absolute Gasteiger partial charge is 0.317 e. The maximum absolute atomic E-state index is 13.2. The lowest BCUT2D eigenvalue weighted by Gasteiger charge is -2.36. The van der Waals surface area contributed by atoms with E-state index in [0.717, 1.165) is 25.9 Å². The third-order valence-electron chi connectivity index (χ3n) is 3.81. The number of hydrogen-bond acceptors (Lipinski definition) is 2. The van der Waals surface area contributed by atoms with E-state index in [4.69, 9.17) is 0 Å². The third kappa shape index (κ3) is 2.81. The van der Waals surface area contributed by atoms with Crippen molar-refractivity contribution in [1.82, 2.24) is 5.32 Å². The molecular weight excluding hydrogens is 249 g/mol. The molecule has 1 fully saturated rings. The van der Waals surface area contributed by atoms with Crippen molar-refractivity contribution in [1.29, 1.82) is 0 Å². The monoisotopic (exact) mass is 269 g/mol. The highest BCUT2D eigenvalue weighted by molar-refractivity contribution is 7.86. The van der Waals surface area contributed by atoms with Gasteiger partial charge in [0.25, 0.3) is 0 Å². The fourth-order valence-electron chi connectivity index (χ4n) is 2.55. The van der Waals surface area contributed by atoms with Crippen LogP contribution in [0.1, 0.15) is 26.7 Å². The molecule has 18 heavy (non-hydrogen) atoms. The second kappa shape index (κ2) is 5.49. The summed E-state index contributed by atoms with van der Waals surface area (Å²) in [6.45, 7) is 6.02. The maximum Gasteiger partial charge on any atom is 0.124 e. The molecule has 0 radical (unpaired) electrons. The summed E-state index contributed by atoms with van der Waals surface area (Å²) in [5, 5.41) is 3.32. The Bertz CT molecular complexity index is 441. The minimum absolute atomic E-state index is 0.310. The molecule has 1 heterocycles. The Kier molecular flexibility index (Phi) is 4.17. The minimum atomic E-state index is -1.17. The van der Waals surface area contributed by atoms with Crippen LogP contribution in [0.3, 0.4) is 0 Å². The summed E-state index contributed by atoms with van der Waals surface area (Å²) in [5.74, 6) is 0.102. The van der Waals surface area contributed by atoms with E-state index >= 15 is 0 Å². The van der Waals surface area contributed by atoms with Crippen molar-refractivity contribution in [2.45, 2.75) is 36.3 Å². The molecule has 0 aliphatic carbocycles. The number of halogens is 1. The molecule has 0 spiro atoms. The molecule has 4 heteroatoms. The smallest absolute Gasteiger partial charge is 0.124 e. The lowest BCUT2D eigenvalue weighted by atomic mass is 9.86. The molecular formula is C14H20FNOS. The molecule has 1 unspecified atom stereocenters. The van der Waals surface area contributed by atoms with Gasteiger partial charge in [-0.05, 0) is 63.9 Å². The zero-order valence-electron chi connectivity index (χ0n) is 10.9. The fourth-order valence-corrected chi connectivity index (χ4v) is 4.12. The summed E-state index contributed by atoms with van der Waals surface area (Å²) in [6, 6.07) is 6.15. The van der Waals surface area contributed by atoms with E-state index in [1.54, 1.807) is 12.1 Å². The topological polar surface area (TPSA) is 29.1 Å². The molecule has 2 rings (SSSR count). The van der Waals surface area contributed by atoms with Crippen molar-refractivity contribution in [3.8, 4) is 0 Å². The van der Waals surface area contributed by atoms with Crippen LogP contribution < -0.4 is 5.32 Å². The van der Waals surface area contributed by atoms with Gasteiger partial charge in [0.1, 0.15) is 5.82 Å². The van der Waals surface area contributed by atoms with Gasteiger partial charge in [0, 0.05) is 9.64 Å². The van der Waals surface area contributed by atoms with Crippen molar-refractivity contribution >= 4 is 10.8 Å². The highest BCUT2D eigenvalue weighted by atomic mass is 32.2. The molecule has 100 valence electrons. The maximum atomic E-state index is 13.2. The fraction of sp³-hybridized carbons (Fsp3) is 0.571. The van der Waals surface area contributed by atoms with Gasteiger partial charge in [-0.2, -0.15) is 0 Å². The summed E-state index contributed by atoms with van der Waals surface area (Å²) < 4.78 is 25.5. The Morgan fingerprint density at radius 1 is 1.33 bits per heavy atom. The van der Waals surface area contributed by atoms with Crippen LogP contribution in [0.4, 0.5) is 4.39 Å². The van der Waals surface area contributed by atoms with Crippen molar-refractivity contribution in [2.24, 2.45) is 5.92 Å². The first-order chi connectivity index (χ1) is 8.51. The van der Waals surface area contributed by atoms with Crippen LogP contribution in [-0.2, 0) is 10.8 Å². The van der Waals surface area contributed by atoms with Crippen molar-refractivity contribution in [3.05, 3.63) is 30.1 Å². The minimum Gasteiger partial charge on any atom is -0.317 e. The molecule has 2 nitrogen and oxygen atoms in total. The quantitative estimate of drug-likeness (QED) is 0.914. The third-order valence-corrected chi connectivity index (χ3v) is 5.78. The first-order valence-electron chi connectivity index (χ1n) is 6.40. The summed E-state index contributed by atoms with van der Waals surface area (Å²) in [7, 11) is -1.17. The van der Waals surface area contributed by atoms with Crippen molar-refractivity contribution in [2.75, 3.05) is 13.1 Å². The molecule has 0 aromatic heterocycles. The van der Waals surface area contributed by atoms with Gasteiger partial charge in [-0.1, -0.05) is 6.07 Å². The molecule has 0 amide bonds. The van der Waals surface area contributed by atoms with Crippen LogP contribution >= 0.6 is 0 Å². The van der Waals surface area contributed by atoms with E-state index in [1.165, 1.54) is 12.1 Å². The summed E-state index contributed by atoms with van der Waals surface area (Å²) in [4.78, 5) is 0.596. The van der Waals surface area contributed by atoms with Crippen LogP contribution in [-0.4, -0.2) is 22.0 Å². The highest BCUT2D eigenvalue weighted by Crippen LogP contribution is 2.34. The van der Waals surface area contributed by atoms with Gasteiger partial charge >= 0.3 is 0 Å². The van der Waals surface area contributed by atoms with E-state index in [-0.39, 0.29) is 10.6 Å². The molecule has 0 saturated carbocycles. The van der Waals surface area contributed by atoms with Crippen molar-refractivity contribution < 1.29 is 8.60 Å². The predicted molar refractivity (Wildman–Crippen MR) is 72.5 cm³/mol.